The van der Waals surface area contributed by atoms with Crippen molar-refractivity contribution in [3.8, 4) is 0 Å². The maximum absolute atomic E-state index is 13.2. The fraction of sp³-hybridized carbons (Fsp3) is 0.600. The predicted octanol–water partition coefficient (Wildman–Crippen LogP) is 0.704. The molecule has 3 unspecified atom stereocenters. The third-order valence-corrected chi connectivity index (χ3v) is 2.93. The van der Waals surface area contributed by atoms with E-state index >= 15 is 0 Å². The van der Waals surface area contributed by atoms with E-state index in [1.165, 1.54) is 6.38 Å². The molecule has 1 aromatic rings. The quantitative estimate of drug-likeness (QED) is 0.577. The summed E-state index contributed by atoms with van der Waals surface area (Å²) in [4.78, 5) is 14.8. The minimum absolute atomic E-state index is 0. The van der Waals surface area contributed by atoms with Crippen molar-refractivity contribution in [3.05, 3.63) is 22.5 Å². The second-order valence-corrected chi connectivity index (χ2v) is 4.31. The first-order valence-corrected chi connectivity index (χ1v) is 6.54. The van der Waals surface area contributed by atoms with Crippen LogP contribution in [-0.2, 0) is 24.8 Å². The Labute approximate surface area is 138 Å². The van der Waals surface area contributed by atoms with Crippen LogP contribution in [0.15, 0.2) is 11.0 Å². The van der Waals surface area contributed by atoms with Crippen molar-refractivity contribution < 1.29 is 34.3 Å². The van der Waals surface area contributed by atoms with Gasteiger partial charge in [0.1, 0.15) is 0 Å². The molecule has 1 radical (unpaired) electrons. The van der Waals surface area contributed by atoms with Gasteiger partial charge in [-0.3, -0.25) is 4.57 Å². The minimum Gasteiger partial charge on any atom is -0.394 e. The molecule has 0 amide bonds. The monoisotopic (exact) mass is 506 g/mol. The van der Waals surface area contributed by atoms with E-state index < -0.39 is 35.0 Å². The molecular formula is C10H14Cl2FIrN3O3. The van der Waals surface area contributed by atoms with Crippen LogP contribution in [0.5, 0.6) is 0 Å². The van der Waals surface area contributed by atoms with Crippen LogP contribution in [0.1, 0.15) is 12.6 Å². The SMILES string of the molecule is CCl.Nc1nc(=O)n(C2OC(CO)CC2Cl)cc1F.[Ir]. The van der Waals surface area contributed by atoms with Crippen LogP contribution in [0.4, 0.5) is 10.2 Å². The molecule has 6 nitrogen and oxygen atoms in total. The van der Waals surface area contributed by atoms with Crippen molar-refractivity contribution in [2.24, 2.45) is 0 Å². The van der Waals surface area contributed by atoms with E-state index in [0.717, 1.165) is 10.8 Å². The fourth-order valence-corrected chi connectivity index (χ4v) is 2.08. The first kappa shape index (κ1) is 19.8. The molecule has 0 aromatic carbocycles. The number of ether oxygens (including phenoxy) is 1. The maximum Gasteiger partial charge on any atom is 0.351 e. The Morgan fingerprint density at radius 1 is 1.65 bits per heavy atom. The Morgan fingerprint density at radius 2 is 2.25 bits per heavy atom. The summed E-state index contributed by atoms with van der Waals surface area (Å²) in [7, 11) is 0. The topological polar surface area (TPSA) is 90.4 Å². The zero-order valence-corrected chi connectivity index (χ0v) is 14.3. The molecule has 0 bridgehead atoms. The molecule has 2 heterocycles. The second-order valence-electron chi connectivity index (χ2n) is 3.75. The number of rotatable bonds is 2. The van der Waals surface area contributed by atoms with Crippen LogP contribution in [0.3, 0.4) is 0 Å². The summed E-state index contributed by atoms with van der Waals surface area (Å²) in [5.74, 6) is -1.28. The number of hydrogen-bond donors (Lipinski definition) is 2. The van der Waals surface area contributed by atoms with Crippen molar-refractivity contribution in [2.75, 3.05) is 18.7 Å². The summed E-state index contributed by atoms with van der Waals surface area (Å²) in [6.45, 7) is -0.209. The third kappa shape index (κ3) is 4.38. The number of anilines is 1. The predicted molar refractivity (Wildman–Crippen MR) is 69.9 cm³/mol. The van der Waals surface area contributed by atoms with Gasteiger partial charge >= 0.3 is 5.69 Å². The van der Waals surface area contributed by atoms with Crippen LogP contribution in [-0.4, -0.2) is 39.1 Å². The Bertz CT molecular complexity index is 491. The molecule has 1 saturated heterocycles. The van der Waals surface area contributed by atoms with Gasteiger partial charge in [0.25, 0.3) is 0 Å². The molecular weight excluding hydrogens is 492 g/mol. The number of aliphatic hydroxyl groups excluding tert-OH is 1. The van der Waals surface area contributed by atoms with E-state index in [0.29, 0.717) is 6.42 Å². The molecule has 0 spiro atoms. The first-order chi connectivity index (χ1) is 9.02. The van der Waals surface area contributed by atoms with Crippen LogP contribution in [0.25, 0.3) is 0 Å². The Kier molecular flexibility index (Phi) is 8.81. The number of aliphatic hydroxyl groups is 1. The van der Waals surface area contributed by atoms with Gasteiger partial charge < -0.3 is 15.6 Å². The van der Waals surface area contributed by atoms with Crippen molar-refractivity contribution in [3.63, 3.8) is 0 Å². The fourth-order valence-electron chi connectivity index (χ4n) is 1.70. The largest absolute Gasteiger partial charge is 0.394 e. The van der Waals surface area contributed by atoms with Crippen LogP contribution in [0, 0.1) is 5.82 Å². The zero-order chi connectivity index (χ0) is 14.6. The summed E-state index contributed by atoms with van der Waals surface area (Å²) in [6, 6.07) is 0. The molecule has 117 valence electrons. The van der Waals surface area contributed by atoms with Gasteiger partial charge in [-0.25, -0.2) is 9.18 Å². The summed E-state index contributed by atoms with van der Waals surface area (Å²) >= 11 is 10.6. The Balaban J connectivity index is 0.00000115. The third-order valence-electron chi connectivity index (χ3n) is 2.54. The molecule has 0 aliphatic carbocycles. The molecule has 3 N–H and O–H groups in total. The smallest absolute Gasteiger partial charge is 0.351 e. The number of nitrogens with two attached hydrogens (primary N) is 1. The summed E-state index contributed by atoms with van der Waals surface area (Å²) in [5, 5.41) is 8.40. The van der Waals surface area contributed by atoms with Gasteiger partial charge in [0.2, 0.25) is 0 Å². The van der Waals surface area contributed by atoms with Crippen LogP contribution in [0.2, 0.25) is 0 Å². The summed E-state index contributed by atoms with van der Waals surface area (Å²) in [6.07, 6.45) is 1.45. The molecule has 1 aliphatic heterocycles. The number of nitrogens with zero attached hydrogens (tertiary/aromatic N) is 2. The normalized spacial score (nSPS) is 24.6. The van der Waals surface area contributed by atoms with Crippen LogP contribution >= 0.6 is 23.2 Å². The van der Waals surface area contributed by atoms with Gasteiger partial charge in [-0.05, 0) is 6.42 Å². The average molecular weight is 506 g/mol. The molecule has 1 fully saturated rings. The number of hydrogen-bond acceptors (Lipinski definition) is 5. The van der Waals surface area contributed by atoms with E-state index in [4.69, 9.17) is 27.2 Å². The van der Waals surface area contributed by atoms with E-state index in [1.807, 2.05) is 0 Å². The average Bonchev–Trinajstić information content (AvgIpc) is 2.77. The second kappa shape index (κ2) is 8.92. The van der Waals surface area contributed by atoms with Gasteiger partial charge in [0.05, 0.1) is 24.3 Å². The molecule has 0 saturated carbocycles. The Hall–Kier alpha value is -0.241. The summed E-state index contributed by atoms with van der Waals surface area (Å²) < 4.78 is 19.5. The van der Waals surface area contributed by atoms with Gasteiger partial charge in [-0.15, -0.1) is 23.2 Å². The van der Waals surface area contributed by atoms with Crippen molar-refractivity contribution in [1.29, 1.82) is 0 Å². The first-order valence-electron chi connectivity index (χ1n) is 5.35. The van der Waals surface area contributed by atoms with E-state index in [9.17, 15) is 9.18 Å². The molecule has 2 rings (SSSR count). The number of aromatic nitrogens is 2. The molecule has 1 aliphatic rings. The number of alkyl halides is 2. The Morgan fingerprint density at radius 3 is 2.75 bits per heavy atom. The molecule has 1 aromatic heterocycles. The van der Waals surface area contributed by atoms with Gasteiger partial charge in [-0.1, -0.05) is 0 Å². The van der Waals surface area contributed by atoms with Crippen molar-refractivity contribution in [2.45, 2.75) is 24.1 Å². The number of halogens is 3. The molecule has 10 heteroatoms. The van der Waals surface area contributed by atoms with E-state index in [-0.39, 0.29) is 26.7 Å². The van der Waals surface area contributed by atoms with Gasteiger partial charge in [-0.2, -0.15) is 4.98 Å². The summed E-state index contributed by atoms with van der Waals surface area (Å²) in [5.41, 5.74) is 4.43. The van der Waals surface area contributed by atoms with Gasteiger partial charge in [0.15, 0.2) is 17.9 Å². The van der Waals surface area contributed by atoms with Crippen LogP contribution < -0.4 is 11.4 Å². The van der Waals surface area contributed by atoms with Crippen molar-refractivity contribution in [1.82, 2.24) is 9.55 Å². The number of nitrogen functional groups attached to an aromatic ring is 1. The van der Waals surface area contributed by atoms with E-state index in [1.54, 1.807) is 0 Å². The minimum atomic E-state index is -0.844. The van der Waals surface area contributed by atoms with Crippen molar-refractivity contribution >= 4 is 29.0 Å². The van der Waals surface area contributed by atoms with Gasteiger partial charge in [0, 0.05) is 26.5 Å². The zero-order valence-electron chi connectivity index (χ0n) is 10.4. The molecule has 3 atom stereocenters. The standard InChI is InChI=1S/C9H11ClFN3O3.CH3Cl.Ir/c10-5-1-4(3-15)17-8(5)14-2-6(11)7(12)13-9(14)16;1-2;/h2,4-5,8,15H,1,3H2,(H2,12,13,16);1H3;. The maximum atomic E-state index is 13.2. The van der Waals surface area contributed by atoms with E-state index in [2.05, 4.69) is 16.6 Å². The molecule has 20 heavy (non-hydrogen) atoms.